The van der Waals surface area contributed by atoms with Crippen LogP contribution >= 0.6 is 27.5 Å². The van der Waals surface area contributed by atoms with Crippen LogP contribution < -0.4 is 14.4 Å². The summed E-state index contributed by atoms with van der Waals surface area (Å²) in [6.45, 7) is 2.87. The van der Waals surface area contributed by atoms with Crippen LogP contribution in [0.25, 0.3) is 10.9 Å². The molecule has 0 radical (unpaired) electrons. The summed E-state index contributed by atoms with van der Waals surface area (Å²) in [5.74, 6) is 0.445. The van der Waals surface area contributed by atoms with Crippen LogP contribution in [0.1, 0.15) is 38.5 Å². The maximum absolute atomic E-state index is 15.3. The van der Waals surface area contributed by atoms with Gasteiger partial charge in [-0.05, 0) is 54.6 Å². The average molecular weight is 530 g/mol. The molecule has 1 aromatic heterocycles. The number of aromatic nitrogens is 2. The molecule has 32 heavy (non-hydrogen) atoms. The zero-order valence-electron chi connectivity index (χ0n) is 17.6. The van der Waals surface area contributed by atoms with Crippen molar-refractivity contribution >= 4 is 44.3 Å². The summed E-state index contributed by atoms with van der Waals surface area (Å²) in [4.78, 5) is 13.5. The highest BCUT2D eigenvalue weighted by molar-refractivity contribution is 9.10. The molecule has 2 aromatic rings. The van der Waals surface area contributed by atoms with E-state index in [4.69, 9.17) is 26.1 Å². The fourth-order valence-corrected chi connectivity index (χ4v) is 6.49. The minimum atomic E-state index is -0.842. The number of ether oxygens (including phenoxy) is 2. The summed E-state index contributed by atoms with van der Waals surface area (Å²) < 4.78 is 41.7. The predicted octanol–water partition coefficient (Wildman–Crippen LogP) is 4.89. The van der Waals surface area contributed by atoms with Gasteiger partial charge in [0.05, 0.1) is 21.4 Å². The summed E-state index contributed by atoms with van der Waals surface area (Å²) in [6, 6.07) is 0.243. The van der Waals surface area contributed by atoms with Gasteiger partial charge in [-0.15, -0.1) is 0 Å². The Morgan fingerprint density at radius 1 is 1.25 bits per heavy atom. The molecule has 0 aliphatic carbocycles. The van der Waals surface area contributed by atoms with Crippen LogP contribution in [0.2, 0.25) is 5.02 Å². The van der Waals surface area contributed by atoms with Crippen molar-refractivity contribution in [3.05, 3.63) is 15.3 Å². The summed E-state index contributed by atoms with van der Waals surface area (Å²) in [5, 5.41) is 0.673. The average Bonchev–Trinajstić information content (AvgIpc) is 3.25. The number of hydrogen-bond acceptors (Lipinski definition) is 6. The molecule has 0 bridgehead atoms. The second-order valence-corrected chi connectivity index (χ2v) is 10.5. The number of anilines is 1. The Morgan fingerprint density at radius 3 is 3.00 bits per heavy atom. The van der Waals surface area contributed by atoms with Gasteiger partial charge in [-0.25, -0.2) is 8.78 Å². The zero-order valence-corrected chi connectivity index (χ0v) is 19.9. The number of fused-ring (bicyclic) bond motifs is 3. The predicted molar refractivity (Wildman–Crippen MR) is 121 cm³/mol. The Balaban J connectivity index is 1.44. The normalized spacial score (nSPS) is 29.6. The first kappa shape index (κ1) is 21.1. The molecular formula is C22H24BrClF2N4O2. The topological polar surface area (TPSA) is 50.7 Å². The molecule has 3 saturated heterocycles. The van der Waals surface area contributed by atoms with E-state index in [1.165, 1.54) is 0 Å². The van der Waals surface area contributed by atoms with Gasteiger partial charge in [0.1, 0.15) is 35.7 Å². The quantitative estimate of drug-likeness (QED) is 0.528. The zero-order chi connectivity index (χ0) is 22.0. The molecule has 4 aliphatic rings. The molecule has 172 valence electrons. The van der Waals surface area contributed by atoms with Gasteiger partial charge >= 0.3 is 6.01 Å². The van der Waals surface area contributed by atoms with Crippen molar-refractivity contribution in [1.29, 1.82) is 0 Å². The van der Waals surface area contributed by atoms with Crippen molar-refractivity contribution in [2.75, 3.05) is 37.7 Å². The van der Waals surface area contributed by atoms with E-state index in [1.54, 1.807) is 0 Å². The van der Waals surface area contributed by atoms with E-state index in [2.05, 4.69) is 30.7 Å². The van der Waals surface area contributed by atoms with Crippen molar-refractivity contribution in [3.63, 3.8) is 0 Å². The number of alkyl halides is 1. The highest BCUT2D eigenvalue weighted by atomic mass is 79.9. The molecule has 4 aliphatic heterocycles. The van der Waals surface area contributed by atoms with E-state index in [9.17, 15) is 4.39 Å². The monoisotopic (exact) mass is 528 g/mol. The fraction of sp³-hybridized carbons (Fsp3) is 0.636. The number of benzene rings is 1. The number of halogens is 4. The van der Waals surface area contributed by atoms with E-state index in [-0.39, 0.29) is 32.6 Å². The molecular weight excluding hydrogens is 506 g/mol. The summed E-state index contributed by atoms with van der Waals surface area (Å²) in [5.41, 5.74) is -0.203. The van der Waals surface area contributed by atoms with Crippen molar-refractivity contribution in [2.45, 2.75) is 56.3 Å². The first-order valence-corrected chi connectivity index (χ1v) is 12.4. The maximum atomic E-state index is 15.3. The molecule has 0 N–H and O–H groups in total. The SMILES string of the molecule is Fc1c(Br)c(Cl)c2c3c(nc(OC[C@@]45CCCN4C[C@H](F)C5)nc13)N1CCCC[C@H]1CO2. The first-order chi connectivity index (χ1) is 15.5. The summed E-state index contributed by atoms with van der Waals surface area (Å²) >= 11 is 9.71. The number of piperidine rings is 1. The molecule has 6 nitrogen and oxygen atoms in total. The second-order valence-electron chi connectivity index (χ2n) is 9.34. The van der Waals surface area contributed by atoms with Crippen LogP contribution in [0.5, 0.6) is 11.8 Å². The van der Waals surface area contributed by atoms with Crippen LogP contribution in [0.4, 0.5) is 14.6 Å². The molecule has 10 heteroatoms. The Kier molecular flexibility index (Phi) is 5.15. The van der Waals surface area contributed by atoms with Crippen molar-refractivity contribution in [2.24, 2.45) is 0 Å². The molecule has 3 atom stereocenters. The van der Waals surface area contributed by atoms with Crippen LogP contribution in [-0.4, -0.2) is 65.5 Å². The highest BCUT2D eigenvalue weighted by Crippen LogP contribution is 2.47. The van der Waals surface area contributed by atoms with Gasteiger partial charge < -0.3 is 14.4 Å². The molecule has 0 amide bonds. The lowest BCUT2D eigenvalue weighted by atomic mass is 9.95. The minimum Gasteiger partial charge on any atom is -0.489 e. The Labute approximate surface area is 198 Å². The van der Waals surface area contributed by atoms with Gasteiger partial charge in [0.25, 0.3) is 0 Å². The van der Waals surface area contributed by atoms with Gasteiger partial charge in [0.15, 0.2) is 11.6 Å². The van der Waals surface area contributed by atoms with Crippen LogP contribution in [0.15, 0.2) is 4.47 Å². The summed E-state index contributed by atoms with van der Waals surface area (Å²) in [7, 11) is 0. The van der Waals surface area contributed by atoms with Crippen molar-refractivity contribution in [1.82, 2.24) is 14.9 Å². The van der Waals surface area contributed by atoms with Gasteiger partial charge in [-0.2, -0.15) is 9.97 Å². The Morgan fingerprint density at radius 2 is 2.12 bits per heavy atom. The molecule has 0 unspecified atom stereocenters. The third-order valence-electron chi connectivity index (χ3n) is 7.44. The third-order valence-corrected chi connectivity index (χ3v) is 8.77. The lowest BCUT2D eigenvalue weighted by molar-refractivity contribution is 0.107. The van der Waals surface area contributed by atoms with Gasteiger partial charge in [-0.1, -0.05) is 11.6 Å². The lowest BCUT2D eigenvalue weighted by Crippen LogP contribution is -2.44. The third kappa shape index (κ3) is 3.18. The van der Waals surface area contributed by atoms with Crippen LogP contribution in [0, 0.1) is 5.82 Å². The Hall–Kier alpha value is -1.45. The largest absolute Gasteiger partial charge is 0.489 e. The van der Waals surface area contributed by atoms with Gasteiger partial charge in [-0.3, -0.25) is 4.90 Å². The highest BCUT2D eigenvalue weighted by Gasteiger charge is 2.49. The van der Waals surface area contributed by atoms with Crippen LogP contribution in [0.3, 0.4) is 0 Å². The van der Waals surface area contributed by atoms with Crippen molar-refractivity contribution in [3.8, 4) is 11.8 Å². The van der Waals surface area contributed by atoms with E-state index in [0.717, 1.165) is 45.2 Å². The molecule has 6 rings (SSSR count). The molecule has 0 saturated carbocycles. The summed E-state index contributed by atoms with van der Waals surface area (Å²) in [6.07, 6.45) is 4.61. The van der Waals surface area contributed by atoms with E-state index >= 15 is 4.39 Å². The van der Waals surface area contributed by atoms with Gasteiger partial charge in [0.2, 0.25) is 0 Å². The first-order valence-electron chi connectivity index (χ1n) is 11.3. The molecule has 0 spiro atoms. The smallest absolute Gasteiger partial charge is 0.319 e. The molecule has 1 aromatic carbocycles. The maximum Gasteiger partial charge on any atom is 0.319 e. The van der Waals surface area contributed by atoms with Gasteiger partial charge in [0, 0.05) is 19.5 Å². The van der Waals surface area contributed by atoms with E-state index in [1.807, 2.05) is 0 Å². The van der Waals surface area contributed by atoms with E-state index < -0.39 is 12.0 Å². The molecule has 3 fully saturated rings. The van der Waals surface area contributed by atoms with E-state index in [0.29, 0.717) is 43.1 Å². The molecule has 5 heterocycles. The lowest BCUT2D eigenvalue weighted by Gasteiger charge is -2.35. The standard InChI is InChI=1S/C22H24BrClF2N4O2/c23-15-16(24)19-14-18(17(15)26)27-21(28-20(14)30-7-2-1-4-13(30)10-31-19)32-11-22-5-3-6-29(22)9-12(25)8-22/h12-13H,1-11H2/t12-,13+,22+/m1/s1. The minimum absolute atomic E-state index is 0.112. The number of hydrogen-bond donors (Lipinski definition) is 0. The number of rotatable bonds is 3. The fourth-order valence-electron chi connectivity index (χ4n) is 5.89. The Bertz CT molecular complexity index is 1090. The van der Waals surface area contributed by atoms with Crippen molar-refractivity contribution < 1.29 is 18.3 Å². The number of nitrogens with zero attached hydrogens (tertiary/aromatic N) is 4. The van der Waals surface area contributed by atoms with Crippen LogP contribution in [-0.2, 0) is 0 Å². The second kappa shape index (κ2) is 7.81.